The number of carboxylic acids is 1. The lowest BCUT2D eigenvalue weighted by Gasteiger charge is -2.38. The zero-order chi connectivity index (χ0) is 25.3. The fourth-order valence-electron chi connectivity index (χ4n) is 5.21. The van der Waals surface area contributed by atoms with Gasteiger partial charge in [-0.2, -0.15) is 0 Å². The molecule has 1 fully saturated rings. The lowest BCUT2D eigenvalue weighted by molar-refractivity contribution is -0.139. The number of hydrogen-bond donors (Lipinski definition) is 1. The monoisotopic (exact) mass is 511 g/mol. The van der Waals surface area contributed by atoms with Gasteiger partial charge in [0.1, 0.15) is 10.8 Å². The average molecular weight is 512 g/mol. The van der Waals surface area contributed by atoms with Crippen LogP contribution in [0.5, 0.6) is 5.75 Å². The Kier molecular flexibility index (Phi) is 9.53. The Morgan fingerprint density at radius 1 is 1.19 bits per heavy atom. The second-order valence-corrected chi connectivity index (χ2v) is 10.5. The predicted octanol–water partition coefficient (Wildman–Crippen LogP) is 5.70. The molecule has 4 rings (SSSR count). The molecule has 3 aromatic rings. The van der Waals surface area contributed by atoms with Crippen LogP contribution in [0.2, 0.25) is 0 Å². The minimum absolute atomic E-state index is 0.159. The molecule has 0 unspecified atom stereocenters. The Labute approximate surface area is 216 Å². The molecule has 1 N–H and O–H groups in total. The van der Waals surface area contributed by atoms with Gasteiger partial charge in [0.25, 0.3) is 0 Å². The molecule has 6 nitrogen and oxygen atoms in total. The number of carboxylic acid groups (broad SMARTS) is 1. The van der Waals surface area contributed by atoms with Crippen LogP contribution in [0.3, 0.4) is 0 Å². The molecule has 0 amide bonds. The van der Waals surface area contributed by atoms with Gasteiger partial charge in [-0.25, -0.2) is 9.37 Å². The van der Waals surface area contributed by atoms with Crippen LogP contribution >= 0.6 is 11.8 Å². The van der Waals surface area contributed by atoms with E-state index in [1.165, 1.54) is 23.4 Å². The van der Waals surface area contributed by atoms with Crippen LogP contribution in [0.4, 0.5) is 4.39 Å². The molecular weight excluding hydrogens is 477 g/mol. The first-order valence-corrected chi connectivity index (χ1v) is 13.6. The van der Waals surface area contributed by atoms with Crippen molar-refractivity contribution in [2.75, 3.05) is 32.5 Å². The van der Waals surface area contributed by atoms with Gasteiger partial charge in [-0.3, -0.25) is 9.78 Å². The number of ether oxygens (including phenoxy) is 1. The summed E-state index contributed by atoms with van der Waals surface area (Å²) in [7, 11) is 1.67. The van der Waals surface area contributed by atoms with E-state index in [2.05, 4.69) is 20.9 Å². The molecule has 3 heterocycles. The second-order valence-electron chi connectivity index (χ2n) is 9.45. The molecule has 0 aliphatic carbocycles. The SMILES string of the molecule is COc1ccc2nccc(CCC[C@@H]3CCN(CCCSc4ncccc4F)C[C@@H]3CC(=O)O)c2c1. The molecule has 0 bridgehead atoms. The highest BCUT2D eigenvalue weighted by Crippen LogP contribution is 2.32. The molecule has 1 aliphatic heterocycles. The largest absolute Gasteiger partial charge is 0.497 e. The summed E-state index contributed by atoms with van der Waals surface area (Å²) in [5, 5.41) is 11.1. The number of piperidine rings is 1. The van der Waals surface area contributed by atoms with E-state index in [1.54, 1.807) is 19.4 Å². The number of fused-ring (bicyclic) bond motifs is 1. The van der Waals surface area contributed by atoms with E-state index in [0.29, 0.717) is 10.9 Å². The topological polar surface area (TPSA) is 75.5 Å². The molecule has 1 aromatic carbocycles. The van der Waals surface area contributed by atoms with E-state index in [9.17, 15) is 14.3 Å². The summed E-state index contributed by atoms with van der Waals surface area (Å²) in [4.78, 5) is 22.5. The van der Waals surface area contributed by atoms with Crippen molar-refractivity contribution in [1.29, 1.82) is 0 Å². The summed E-state index contributed by atoms with van der Waals surface area (Å²) in [6, 6.07) is 11.1. The normalized spacial score (nSPS) is 18.4. The Morgan fingerprint density at radius 2 is 2.08 bits per heavy atom. The molecule has 1 saturated heterocycles. The van der Waals surface area contributed by atoms with Crippen molar-refractivity contribution >= 4 is 28.6 Å². The summed E-state index contributed by atoms with van der Waals surface area (Å²) in [5.74, 6) is 1.20. The van der Waals surface area contributed by atoms with Crippen molar-refractivity contribution in [1.82, 2.24) is 14.9 Å². The molecule has 2 atom stereocenters. The van der Waals surface area contributed by atoms with E-state index in [4.69, 9.17) is 4.74 Å². The Hall–Kier alpha value is -2.71. The third-order valence-electron chi connectivity index (χ3n) is 7.05. The number of rotatable bonds is 12. The number of thioether (sulfide) groups is 1. The third kappa shape index (κ3) is 7.17. The van der Waals surface area contributed by atoms with Crippen LogP contribution in [-0.4, -0.2) is 58.4 Å². The van der Waals surface area contributed by atoms with Gasteiger partial charge in [-0.05, 0) is 99.0 Å². The van der Waals surface area contributed by atoms with Gasteiger partial charge in [0.2, 0.25) is 0 Å². The molecule has 36 heavy (non-hydrogen) atoms. The summed E-state index contributed by atoms with van der Waals surface area (Å²) >= 11 is 1.44. The van der Waals surface area contributed by atoms with Crippen LogP contribution in [0.25, 0.3) is 10.9 Å². The van der Waals surface area contributed by atoms with E-state index in [0.717, 1.165) is 74.1 Å². The molecule has 0 spiro atoms. The smallest absolute Gasteiger partial charge is 0.303 e. The van der Waals surface area contributed by atoms with E-state index in [1.807, 2.05) is 24.4 Å². The van der Waals surface area contributed by atoms with E-state index >= 15 is 0 Å². The summed E-state index contributed by atoms with van der Waals surface area (Å²) < 4.78 is 19.1. The van der Waals surface area contributed by atoms with Crippen molar-refractivity contribution in [3.63, 3.8) is 0 Å². The van der Waals surface area contributed by atoms with Gasteiger partial charge in [-0.15, -0.1) is 11.8 Å². The Bertz CT molecular complexity index is 1160. The lowest BCUT2D eigenvalue weighted by atomic mass is 9.80. The standard InChI is InChI=1S/C28H34FN3O3S/c1-35-23-8-9-26-24(18-23)21(10-13-30-26)6-2-5-20-11-15-32(19-22(20)17-27(33)34)14-4-16-36-28-25(29)7-3-12-31-28/h3,7-10,12-13,18,20,22H,2,4-6,11,14-17,19H2,1H3,(H,33,34)/t20-,22+/m1/s1. The van der Waals surface area contributed by atoms with Crippen LogP contribution in [-0.2, 0) is 11.2 Å². The highest BCUT2D eigenvalue weighted by atomic mass is 32.2. The number of halogens is 1. The van der Waals surface area contributed by atoms with Crippen molar-refractivity contribution in [3.8, 4) is 5.75 Å². The number of pyridine rings is 2. The molecule has 192 valence electrons. The number of nitrogens with zero attached hydrogens (tertiary/aromatic N) is 3. The second kappa shape index (κ2) is 13.0. The zero-order valence-electron chi connectivity index (χ0n) is 20.7. The Morgan fingerprint density at radius 3 is 2.89 bits per heavy atom. The molecule has 2 aromatic heterocycles. The molecular formula is C28H34FN3O3S. The molecule has 0 radical (unpaired) electrons. The number of carbonyl (C=O) groups is 1. The van der Waals surface area contributed by atoms with Gasteiger partial charge in [0.05, 0.1) is 12.6 Å². The van der Waals surface area contributed by atoms with E-state index < -0.39 is 5.97 Å². The maximum Gasteiger partial charge on any atom is 0.303 e. The lowest BCUT2D eigenvalue weighted by Crippen LogP contribution is -2.42. The molecule has 0 saturated carbocycles. The average Bonchev–Trinajstić information content (AvgIpc) is 2.88. The third-order valence-corrected chi connectivity index (χ3v) is 8.12. The van der Waals surface area contributed by atoms with Gasteiger partial charge in [0.15, 0.2) is 5.82 Å². The minimum atomic E-state index is -0.722. The summed E-state index contributed by atoms with van der Waals surface area (Å²) in [6.07, 6.45) is 8.60. The zero-order valence-corrected chi connectivity index (χ0v) is 21.6. The number of aliphatic carboxylic acids is 1. The fourth-order valence-corrected chi connectivity index (χ4v) is 6.02. The maximum absolute atomic E-state index is 13.8. The Balaban J connectivity index is 1.27. The first kappa shape index (κ1) is 26.4. The van der Waals surface area contributed by atoms with Crippen LogP contribution in [0.15, 0.2) is 53.8 Å². The molecule has 1 aliphatic rings. The fraction of sp³-hybridized carbons (Fsp3) is 0.464. The van der Waals surface area contributed by atoms with Gasteiger partial charge < -0.3 is 14.7 Å². The number of benzene rings is 1. The quantitative estimate of drug-likeness (QED) is 0.247. The number of hydrogen-bond acceptors (Lipinski definition) is 6. The predicted molar refractivity (Wildman–Crippen MR) is 141 cm³/mol. The van der Waals surface area contributed by atoms with Crippen LogP contribution < -0.4 is 4.74 Å². The molecule has 8 heteroatoms. The van der Waals surface area contributed by atoms with Crippen molar-refractivity contribution < 1.29 is 19.0 Å². The van der Waals surface area contributed by atoms with Gasteiger partial charge in [0, 0.05) is 36.5 Å². The minimum Gasteiger partial charge on any atom is -0.497 e. The number of methoxy groups -OCH3 is 1. The summed E-state index contributed by atoms with van der Waals surface area (Å²) in [6.45, 7) is 2.70. The highest BCUT2D eigenvalue weighted by Gasteiger charge is 2.30. The highest BCUT2D eigenvalue weighted by molar-refractivity contribution is 7.99. The first-order valence-electron chi connectivity index (χ1n) is 12.6. The number of aryl methyl sites for hydroxylation is 1. The van der Waals surface area contributed by atoms with E-state index in [-0.39, 0.29) is 18.2 Å². The number of aromatic nitrogens is 2. The first-order chi connectivity index (χ1) is 17.5. The van der Waals surface area contributed by atoms with Crippen LogP contribution in [0, 0.1) is 17.7 Å². The van der Waals surface area contributed by atoms with Crippen molar-refractivity contribution in [2.45, 2.75) is 43.6 Å². The van der Waals surface area contributed by atoms with Gasteiger partial charge in [-0.1, -0.05) is 0 Å². The van der Waals surface area contributed by atoms with Crippen molar-refractivity contribution in [2.24, 2.45) is 11.8 Å². The maximum atomic E-state index is 13.8. The van der Waals surface area contributed by atoms with Crippen molar-refractivity contribution in [3.05, 3.63) is 60.2 Å². The summed E-state index contributed by atoms with van der Waals surface area (Å²) in [5.41, 5.74) is 2.22. The number of likely N-dealkylation sites (tertiary alicyclic amines) is 1. The van der Waals surface area contributed by atoms with Crippen LogP contribution in [0.1, 0.15) is 37.7 Å². The van der Waals surface area contributed by atoms with Gasteiger partial charge >= 0.3 is 5.97 Å².